The van der Waals surface area contributed by atoms with E-state index in [0.717, 1.165) is 10.0 Å². The molecule has 18 heavy (non-hydrogen) atoms. The molecule has 0 heterocycles. The third kappa shape index (κ3) is 4.64. The number of hydrogen-bond acceptors (Lipinski definition) is 4. The van der Waals surface area contributed by atoms with Crippen LogP contribution in [0.5, 0.6) is 0 Å². The zero-order valence-corrected chi connectivity index (χ0v) is 12.0. The lowest BCUT2D eigenvalue weighted by molar-refractivity contribution is -0.121. The minimum atomic E-state index is -0.240. The van der Waals surface area contributed by atoms with E-state index in [1.807, 2.05) is 13.0 Å². The zero-order valence-electron chi connectivity index (χ0n) is 10.5. The van der Waals surface area contributed by atoms with Gasteiger partial charge in [-0.25, -0.2) is 0 Å². The average molecular weight is 317 g/mol. The molecule has 0 bridgehead atoms. The lowest BCUT2D eigenvalue weighted by Crippen LogP contribution is -2.20. The number of benzene rings is 1. The molecule has 0 fully saturated rings. The summed E-state index contributed by atoms with van der Waals surface area (Å²) in [7, 11) is 1.58. The van der Waals surface area contributed by atoms with E-state index in [1.165, 1.54) is 0 Å². The van der Waals surface area contributed by atoms with Crippen LogP contribution < -0.4 is 11.1 Å². The lowest BCUT2D eigenvalue weighted by atomic mass is 10.2. The summed E-state index contributed by atoms with van der Waals surface area (Å²) in [4.78, 5) is 11.6. The summed E-state index contributed by atoms with van der Waals surface area (Å²) >= 11 is 3.36. The van der Waals surface area contributed by atoms with Gasteiger partial charge < -0.3 is 20.5 Å². The van der Waals surface area contributed by atoms with Gasteiger partial charge in [0.05, 0.1) is 24.6 Å². The summed E-state index contributed by atoms with van der Waals surface area (Å²) in [5.74, 6) is -0.240. The fourth-order valence-corrected chi connectivity index (χ4v) is 1.92. The third-order valence-electron chi connectivity index (χ3n) is 2.29. The second-order valence-electron chi connectivity index (χ2n) is 3.78. The second-order valence-corrected chi connectivity index (χ2v) is 4.69. The number of halogens is 1. The van der Waals surface area contributed by atoms with E-state index >= 15 is 0 Å². The Hall–Kier alpha value is -1.11. The molecule has 3 N–H and O–H groups in total. The fourth-order valence-electron chi connectivity index (χ4n) is 1.35. The van der Waals surface area contributed by atoms with E-state index in [0.29, 0.717) is 24.6 Å². The Labute approximate surface area is 115 Å². The van der Waals surface area contributed by atoms with E-state index in [4.69, 9.17) is 15.2 Å². The summed E-state index contributed by atoms with van der Waals surface area (Å²) in [6.07, 6.45) is 0. The van der Waals surface area contributed by atoms with Gasteiger partial charge in [-0.3, -0.25) is 4.79 Å². The highest BCUT2D eigenvalue weighted by Gasteiger charge is 2.08. The quantitative estimate of drug-likeness (QED) is 0.621. The second kappa shape index (κ2) is 7.35. The Balaban J connectivity index is 2.54. The number of anilines is 2. The minimum Gasteiger partial charge on any atom is -0.397 e. The van der Waals surface area contributed by atoms with Crippen LogP contribution in [0, 0.1) is 6.92 Å². The van der Waals surface area contributed by atoms with E-state index in [9.17, 15) is 4.79 Å². The molecule has 1 amide bonds. The predicted octanol–water partition coefficient (Wildman–Crippen LogP) is 1.94. The van der Waals surface area contributed by atoms with E-state index in [2.05, 4.69) is 21.2 Å². The number of amides is 1. The molecule has 6 heteroatoms. The smallest absolute Gasteiger partial charge is 0.250 e. The molecule has 0 aliphatic heterocycles. The van der Waals surface area contributed by atoms with Crippen LogP contribution >= 0.6 is 15.9 Å². The highest BCUT2D eigenvalue weighted by atomic mass is 79.9. The van der Waals surface area contributed by atoms with Crippen LogP contribution in [0.15, 0.2) is 16.6 Å². The molecule has 100 valence electrons. The van der Waals surface area contributed by atoms with Crippen LogP contribution in [0.2, 0.25) is 0 Å². The van der Waals surface area contributed by atoms with Crippen LogP contribution in [0.3, 0.4) is 0 Å². The van der Waals surface area contributed by atoms with Crippen LogP contribution in [-0.2, 0) is 14.3 Å². The monoisotopic (exact) mass is 316 g/mol. The van der Waals surface area contributed by atoms with Crippen molar-refractivity contribution in [2.24, 2.45) is 0 Å². The topological polar surface area (TPSA) is 73.6 Å². The van der Waals surface area contributed by atoms with E-state index in [1.54, 1.807) is 13.2 Å². The molecule has 1 rings (SSSR count). The van der Waals surface area contributed by atoms with Gasteiger partial charge >= 0.3 is 0 Å². The SMILES string of the molecule is COCCOCC(=O)Nc1cc(Br)cc(C)c1N. The van der Waals surface area contributed by atoms with Gasteiger partial charge in [-0.05, 0) is 24.6 Å². The van der Waals surface area contributed by atoms with Gasteiger partial charge in [0, 0.05) is 11.6 Å². The van der Waals surface area contributed by atoms with Gasteiger partial charge in [0.15, 0.2) is 0 Å². The first kappa shape index (κ1) is 14.9. The van der Waals surface area contributed by atoms with Gasteiger partial charge in [-0.15, -0.1) is 0 Å². The number of aryl methyl sites for hydroxylation is 1. The van der Waals surface area contributed by atoms with E-state index in [-0.39, 0.29) is 12.5 Å². The highest BCUT2D eigenvalue weighted by molar-refractivity contribution is 9.10. The Morgan fingerprint density at radius 2 is 2.17 bits per heavy atom. The minimum absolute atomic E-state index is 0.0195. The number of carbonyl (C=O) groups excluding carboxylic acids is 1. The predicted molar refractivity (Wildman–Crippen MR) is 74.6 cm³/mol. The van der Waals surface area contributed by atoms with Crippen molar-refractivity contribution in [3.63, 3.8) is 0 Å². The summed E-state index contributed by atoms with van der Waals surface area (Å²) in [5.41, 5.74) is 7.93. The molecule has 0 radical (unpaired) electrons. The molecule has 0 atom stereocenters. The number of ether oxygens (including phenoxy) is 2. The molecule has 0 spiro atoms. The number of nitrogens with two attached hydrogens (primary N) is 1. The normalized spacial score (nSPS) is 10.4. The van der Waals surface area contributed by atoms with Gasteiger partial charge in [-0.1, -0.05) is 15.9 Å². The summed E-state index contributed by atoms with van der Waals surface area (Å²) in [6.45, 7) is 2.71. The molecule has 0 aromatic heterocycles. The molecule has 0 aliphatic rings. The Bertz CT molecular complexity index is 424. The van der Waals surface area contributed by atoms with Gasteiger partial charge in [-0.2, -0.15) is 0 Å². The number of rotatable bonds is 6. The van der Waals surface area contributed by atoms with Crippen molar-refractivity contribution in [1.29, 1.82) is 0 Å². The van der Waals surface area contributed by atoms with Crippen molar-refractivity contribution in [1.82, 2.24) is 0 Å². The van der Waals surface area contributed by atoms with Crippen molar-refractivity contribution in [2.75, 3.05) is 38.0 Å². The Morgan fingerprint density at radius 1 is 1.44 bits per heavy atom. The molecule has 1 aromatic carbocycles. The zero-order chi connectivity index (χ0) is 13.5. The summed E-state index contributed by atoms with van der Waals surface area (Å²) in [5, 5.41) is 2.71. The van der Waals surface area contributed by atoms with Gasteiger partial charge in [0.2, 0.25) is 5.91 Å². The number of carbonyl (C=O) groups is 1. The van der Waals surface area contributed by atoms with Crippen LogP contribution in [-0.4, -0.2) is 32.8 Å². The molecule has 0 aliphatic carbocycles. The number of nitrogens with one attached hydrogen (secondary N) is 1. The Morgan fingerprint density at radius 3 is 2.83 bits per heavy atom. The lowest BCUT2D eigenvalue weighted by Gasteiger charge is -2.11. The largest absolute Gasteiger partial charge is 0.397 e. The van der Waals surface area contributed by atoms with Crippen LogP contribution in [0.4, 0.5) is 11.4 Å². The molecule has 5 nitrogen and oxygen atoms in total. The highest BCUT2D eigenvalue weighted by Crippen LogP contribution is 2.27. The molecule has 0 unspecified atom stereocenters. The first-order chi connectivity index (χ1) is 8.54. The van der Waals surface area contributed by atoms with E-state index < -0.39 is 0 Å². The van der Waals surface area contributed by atoms with Crippen molar-refractivity contribution >= 4 is 33.2 Å². The average Bonchev–Trinajstić information content (AvgIpc) is 2.31. The number of hydrogen-bond donors (Lipinski definition) is 2. The van der Waals surface area contributed by atoms with Crippen molar-refractivity contribution in [2.45, 2.75) is 6.92 Å². The third-order valence-corrected chi connectivity index (χ3v) is 2.75. The standard InChI is InChI=1S/C12H17BrN2O3/c1-8-5-9(13)6-10(12(8)14)15-11(16)7-18-4-3-17-2/h5-6H,3-4,7,14H2,1-2H3,(H,15,16). The maximum absolute atomic E-state index is 11.6. The van der Waals surface area contributed by atoms with Crippen molar-refractivity contribution in [3.8, 4) is 0 Å². The van der Waals surface area contributed by atoms with Gasteiger partial charge in [0.25, 0.3) is 0 Å². The summed E-state index contributed by atoms with van der Waals surface area (Å²) < 4.78 is 10.8. The first-order valence-corrected chi connectivity index (χ1v) is 6.26. The molecule has 1 aromatic rings. The fraction of sp³-hybridized carbons (Fsp3) is 0.417. The number of nitrogen functional groups attached to an aromatic ring is 1. The Kier molecular flexibility index (Phi) is 6.11. The van der Waals surface area contributed by atoms with Crippen molar-refractivity contribution < 1.29 is 14.3 Å². The molecule has 0 saturated carbocycles. The van der Waals surface area contributed by atoms with Crippen molar-refractivity contribution in [3.05, 3.63) is 22.2 Å². The summed E-state index contributed by atoms with van der Waals surface area (Å²) in [6, 6.07) is 3.65. The molecule has 0 saturated heterocycles. The molecular formula is C12H17BrN2O3. The van der Waals surface area contributed by atoms with Crippen LogP contribution in [0.25, 0.3) is 0 Å². The van der Waals surface area contributed by atoms with Crippen LogP contribution in [0.1, 0.15) is 5.56 Å². The van der Waals surface area contributed by atoms with Gasteiger partial charge in [0.1, 0.15) is 6.61 Å². The maximum atomic E-state index is 11.6. The maximum Gasteiger partial charge on any atom is 0.250 e. The number of methoxy groups -OCH3 is 1. The first-order valence-electron chi connectivity index (χ1n) is 5.46. The molecular weight excluding hydrogens is 300 g/mol.